The topological polar surface area (TPSA) is 9.23 Å². The molecular weight excluding hydrogens is 136 g/mol. The Hall–Kier alpha value is -0.520. The molecule has 0 fully saturated rings. The van der Waals surface area contributed by atoms with Crippen LogP contribution in [0.3, 0.4) is 0 Å². The van der Waals surface area contributed by atoms with Crippen LogP contribution in [0.15, 0.2) is 17.9 Å². The molecule has 0 aromatic heterocycles. The van der Waals surface area contributed by atoms with Crippen molar-refractivity contribution in [3.05, 3.63) is 17.9 Å². The zero-order chi connectivity index (χ0) is 8.36. The lowest BCUT2D eigenvalue weighted by atomic mass is 10.3. The number of unbranched alkanes of at least 4 members (excludes halogenated alkanes) is 2. The van der Waals surface area contributed by atoms with Gasteiger partial charge in [0, 0.05) is 6.61 Å². The van der Waals surface area contributed by atoms with E-state index in [1.807, 2.05) is 19.1 Å². The van der Waals surface area contributed by atoms with E-state index in [1.54, 1.807) is 0 Å². The van der Waals surface area contributed by atoms with Crippen LogP contribution in [0.25, 0.3) is 0 Å². The normalized spacial score (nSPS) is 8.91. The molecule has 0 spiro atoms. The first kappa shape index (κ1) is 10.5. The molecule has 11 heavy (non-hydrogen) atoms. The van der Waals surface area contributed by atoms with Crippen molar-refractivity contribution in [1.82, 2.24) is 0 Å². The molecule has 0 aliphatic rings. The maximum atomic E-state index is 5.30. The summed E-state index contributed by atoms with van der Waals surface area (Å²) in [6.45, 7) is 5.73. The minimum atomic E-state index is 0.702. The Balaban J connectivity index is 2.96. The summed E-state index contributed by atoms with van der Waals surface area (Å²) in [5.41, 5.74) is 2.96. The lowest BCUT2D eigenvalue weighted by molar-refractivity contribution is 0.157. The molecule has 0 aliphatic heterocycles. The highest BCUT2D eigenvalue weighted by molar-refractivity contribution is 4.81. The molecule has 0 aliphatic carbocycles. The summed E-state index contributed by atoms with van der Waals surface area (Å²) in [7, 11) is 0. The first-order valence-electron chi connectivity index (χ1n) is 4.35. The lowest BCUT2D eigenvalue weighted by Crippen LogP contribution is -1.93. The minimum Gasteiger partial charge on any atom is -0.377 e. The van der Waals surface area contributed by atoms with Crippen molar-refractivity contribution < 1.29 is 4.74 Å². The molecule has 0 bridgehead atoms. The molecule has 0 rings (SSSR count). The van der Waals surface area contributed by atoms with E-state index in [2.05, 4.69) is 12.7 Å². The third kappa shape index (κ3) is 9.48. The first-order valence-corrected chi connectivity index (χ1v) is 4.35. The van der Waals surface area contributed by atoms with E-state index in [-0.39, 0.29) is 0 Å². The molecule has 0 aromatic rings. The molecule has 0 N–H and O–H groups in total. The fourth-order valence-corrected chi connectivity index (χ4v) is 0.762. The van der Waals surface area contributed by atoms with Crippen LogP contribution in [0, 0.1) is 0 Å². The molecule has 0 heterocycles. The summed E-state index contributed by atoms with van der Waals surface area (Å²) in [5, 5.41) is 0. The van der Waals surface area contributed by atoms with E-state index >= 15 is 0 Å². The van der Waals surface area contributed by atoms with Crippen molar-refractivity contribution in [2.45, 2.75) is 33.1 Å². The molecule has 0 saturated carbocycles. The highest BCUT2D eigenvalue weighted by atomic mass is 16.5. The van der Waals surface area contributed by atoms with Gasteiger partial charge in [0.2, 0.25) is 0 Å². The Bertz CT molecular complexity index is 121. The molecule has 0 amide bonds. The largest absolute Gasteiger partial charge is 0.377 e. The Labute approximate surface area is 69.8 Å². The lowest BCUT2D eigenvalue weighted by Gasteiger charge is -1.97. The van der Waals surface area contributed by atoms with Crippen LogP contribution in [0.5, 0.6) is 0 Å². The zero-order valence-electron chi connectivity index (χ0n) is 7.60. The quantitative estimate of drug-likeness (QED) is 0.422. The summed E-state index contributed by atoms with van der Waals surface area (Å²) in [6, 6.07) is 0. The zero-order valence-corrected chi connectivity index (χ0v) is 7.60. The van der Waals surface area contributed by atoms with Crippen molar-refractivity contribution in [1.29, 1.82) is 0 Å². The van der Waals surface area contributed by atoms with Crippen molar-refractivity contribution in [2.24, 2.45) is 0 Å². The van der Waals surface area contributed by atoms with Gasteiger partial charge in [0.25, 0.3) is 0 Å². The van der Waals surface area contributed by atoms with Gasteiger partial charge in [0.1, 0.15) is 0 Å². The van der Waals surface area contributed by atoms with Gasteiger partial charge in [-0.1, -0.05) is 19.8 Å². The second-order valence-corrected chi connectivity index (χ2v) is 2.44. The average Bonchev–Trinajstić information content (AvgIpc) is 2.03. The molecule has 0 atom stereocenters. The molecular formula is C10H18O. The summed E-state index contributed by atoms with van der Waals surface area (Å²) in [5.74, 6) is 0. The van der Waals surface area contributed by atoms with E-state index in [0.29, 0.717) is 6.61 Å². The molecule has 0 aromatic carbocycles. The van der Waals surface area contributed by atoms with E-state index in [1.165, 1.54) is 19.3 Å². The van der Waals surface area contributed by atoms with Crippen molar-refractivity contribution in [2.75, 3.05) is 13.2 Å². The van der Waals surface area contributed by atoms with Crippen molar-refractivity contribution in [3.63, 3.8) is 0 Å². The van der Waals surface area contributed by atoms with E-state index in [9.17, 15) is 0 Å². The molecule has 0 unspecified atom stereocenters. The van der Waals surface area contributed by atoms with Gasteiger partial charge in [-0.2, -0.15) is 0 Å². The number of hydrogen-bond acceptors (Lipinski definition) is 1. The van der Waals surface area contributed by atoms with Crippen LogP contribution < -0.4 is 0 Å². The standard InChI is InChI=1S/C10H18O/c1-3-5-7-9-11-10-8-6-4-2/h3,7H,4,6,8-10H2,1-2H3. The van der Waals surface area contributed by atoms with Crippen LogP contribution in [0.4, 0.5) is 0 Å². The SMILES string of the molecule is CC=C=CCOCCCCC. The number of ether oxygens (including phenoxy) is 1. The van der Waals surface area contributed by atoms with Crippen molar-refractivity contribution >= 4 is 0 Å². The van der Waals surface area contributed by atoms with Gasteiger partial charge < -0.3 is 4.74 Å². The van der Waals surface area contributed by atoms with Gasteiger partial charge >= 0.3 is 0 Å². The molecule has 1 heteroatoms. The van der Waals surface area contributed by atoms with E-state index in [0.717, 1.165) is 6.61 Å². The summed E-state index contributed by atoms with van der Waals surface area (Å²) >= 11 is 0. The van der Waals surface area contributed by atoms with Crippen LogP contribution >= 0.6 is 0 Å². The van der Waals surface area contributed by atoms with Crippen molar-refractivity contribution in [3.8, 4) is 0 Å². The summed E-state index contributed by atoms with van der Waals surface area (Å²) in [6.07, 6.45) is 7.50. The van der Waals surface area contributed by atoms with E-state index in [4.69, 9.17) is 4.74 Å². The predicted octanol–water partition coefficient (Wildman–Crippen LogP) is 2.92. The average molecular weight is 154 g/mol. The fourth-order valence-electron chi connectivity index (χ4n) is 0.762. The van der Waals surface area contributed by atoms with Gasteiger partial charge in [-0.25, -0.2) is 0 Å². The molecule has 64 valence electrons. The first-order chi connectivity index (χ1) is 5.41. The Kier molecular flexibility index (Phi) is 9.03. The number of hydrogen-bond donors (Lipinski definition) is 0. The third-order valence-electron chi connectivity index (χ3n) is 1.38. The van der Waals surface area contributed by atoms with Gasteiger partial charge in [-0.15, -0.1) is 5.73 Å². The van der Waals surface area contributed by atoms with Gasteiger partial charge in [0.15, 0.2) is 0 Å². The summed E-state index contributed by atoms with van der Waals surface area (Å²) < 4.78 is 5.30. The second-order valence-electron chi connectivity index (χ2n) is 2.44. The Morgan fingerprint density at radius 1 is 1.36 bits per heavy atom. The molecule has 0 saturated heterocycles. The molecule has 0 radical (unpaired) electrons. The Morgan fingerprint density at radius 2 is 2.18 bits per heavy atom. The third-order valence-corrected chi connectivity index (χ3v) is 1.38. The highest BCUT2D eigenvalue weighted by Gasteiger charge is 1.84. The second kappa shape index (κ2) is 9.48. The highest BCUT2D eigenvalue weighted by Crippen LogP contribution is 1.93. The van der Waals surface area contributed by atoms with Gasteiger partial charge in [-0.05, 0) is 25.5 Å². The molecule has 1 nitrogen and oxygen atoms in total. The predicted molar refractivity (Wildman–Crippen MR) is 48.7 cm³/mol. The fraction of sp³-hybridized carbons (Fsp3) is 0.700. The van der Waals surface area contributed by atoms with Crippen LogP contribution in [-0.4, -0.2) is 13.2 Å². The maximum Gasteiger partial charge on any atom is 0.0721 e. The smallest absolute Gasteiger partial charge is 0.0721 e. The number of rotatable bonds is 6. The van der Waals surface area contributed by atoms with E-state index < -0.39 is 0 Å². The van der Waals surface area contributed by atoms with Gasteiger partial charge in [-0.3, -0.25) is 0 Å². The van der Waals surface area contributed by atoms with Crippen LogP contribution in [0.1, 0.15) is 33.1 Å². The van der Waals surface area contributed by atoms with Gasteiger partial charge in [0.05, 0.1) is 6.61 Å². The van der Waals surface area contributed by atoms with Crippen LogP contribution in [0.2, 0.25) is 0 Å². The monoisotopic (exact) mass is 154 g/mol. The minimum absolute atomic E-state index is 0.702. The van der Waals surface area contributed by atoms with Crippen LogP contribution in [-0.2, 0) is 4.74 Å². The Morgan fingerprint density at radius 3 is 2.82 bits per heavy atom. The summed E-state index contributed by atoms with van der Waals surface area (Å²) in [4.78, 5) is 0. The maximum absolute atomic E-state index is 5.30.